The first-order valence-electron chi connectivity index (χ1n) is 23.4. The average molecular weight is 868 g/mol. The number of thiophene rings is 1. The summed E-state index contributed by atoms with van der Waals surface area (Å²) in [5.41, 5.74) is 23.8. The van der Waals surface area contributed by atoms with Crippen molar-refractivity contribution in [3.05, 3.63) is 233 Å². The minimum atomic E-state index is -0.249. The van der Waals surface area contributed by atoms with Crippen LogP contribution in [0.15, 0.2) is 194 Å². The fourth-order valence-corrected chi connectivity index (χ4v) is 13.1. The zero-order valence-electron chi connectivity index (χ0n) is 38.9. The second-order valence-electron chi connectivity index (χ2n) is 20.0. The lowest BCUT2D eigenvalue weighted by atomic mass is 9.78. The van der Waals surface area contributed by atoms with E-state index in [-0.39, 0.29) is 16.2 Å². The Balaban J connectivity index is 1.05. The molecular formula is C64H53NS. The molecule has 0 aliphatic heterocycles. The molecule has 3 aliphatic rings. The number of anilines is 3. The van der Waals surface area contributed by atoms with Crippen molar-refractivity contribution >= 4 is 59.7 Å². The summed E-state index contributed by atoms with van der Waals surface area (Å²) in [6.45, 7) is 21.0. The summed E-state index contributed by atoms with van der Waals surface area (Å²) in [5, 5.41) is 2.64. The van der Waals surface area contributed by atoms with E-state index >= 15 is 0 Å². The highest BCUT2D eigenvalue weighted by Crippen LogP contribution is 2.60. The van der Waals surface area contributed by atoms with Gasteiger partial charge in [-0.3, -0.25) is 0 Å². The van der Waals surface area contributed by atoms with Gasteiger partial charge in [0, 0.05) is 53.4 Å². The van der Waals surface area contributed by atoms with E-state index in [1.54, 1.807) is 0 Å². The zero-order valence-corrected chi connectivity index (χ0v) is 39.7. The lowest BCUT2D eigenvalue weighted by Gasteiger charge is -2.30. The summed E-state index contributed by atoms with van der Waals surface area (Å²) in [7, 11) is 0. The van der Waals surface area contributed by atoms with Gasteiger partial charge in [0.05, 0.1) is 5.69 Å². The summed E-state index contributed by atoms with van der Waals surface area (Å²) in [6, 6.07) is 64.1. The highest BCUT2D eigenvalue weighted by atomic mass is 32.1. The summed E-state index contributed by atoms with van der Waals surface area (Å²) >= 11 is 1.87. The van der Waals surface area contributed by atoms with E-state index in [0.717, 1.165) is 11.4 Å². The molecular weight excluding hydrogens is 815 g/mol. The molecule has 0 bridgehead atoms. The lowest BCUT2D eigenvalue weighted by Crippen LogP contribution is -2.18. The van der Waals surface area contributed by atoms with Crippen LogP contribution < -0.4 is 4.90 Å². The Morgan fingerprint density at radius 3 is 1.89 bits per heavy atom. The van der Waals surface area contributed by atoms with Crippen molar-refractivity contribution in [2.24, 2.45) is 0 Å². The van der Waals surface area contributed by atoms with Gasteiger partial charge in [0.2, 0.25) is 0 Å². The highest BCUT2D eigenvalue weighted by molar-refractivity contribution is 7.25. The van der Waals surface area contributed by atoms with Crippen LogP contribution in [0.3, 0.4) is 0 Å². The minimum Gasteiger partial charge on any atom is -0.310 e. The fourth-order valence-electron chi connectivity index (χ4n) is 12.0. The first-order valence-corrected chi connectivity index (χ1v) is 24.2. The van der Waals surface area contributed by atoms with Crippen LogP contribution in [0.4, 0.5) is 17.1 Å². The molecule has 0 fully saturated rings. The second kappa shape index (κ2) is 14.5. The number of fused-ring (bicyclic) bond motifs is 10. The van der Waals surface area contributed by atoms with E-state index in [0.29, 0.717) is 0 Å². The van der Waals surface area contributed by atoms with E-state index in [1.165, 1.54) is 115 Å². The van der Waals surface area contributed by atoms with Gasteiger partial charge >= 0.3 is 0 Å². The maximum absolute atomic E-state index is 4.43. The Kier molecular flexibility index (Phi) is 8.90. The van der Waals surface area contributed by atoms with Crippen molar-refractivity contribution in [3.8, 4) is 33.4 Å². The van der Waals surface area contributed by atoms with Crippen molar-refractivity contribution in [2.45, 2.75) is 64.7 Å². The van der Waals surface area contributed by atoms with E-state index in [4.69, 9.17) is 0 Å². The molecule has 0 unspecified atom stereocenters. The molecule has 0 amide bonds. The van der Waals surface area contributed by atoms with Crippen molar-refractivity contribution in [1.82, 2.24) is 0 Å². The number of nitrogens with zero attached hydrogens (tertiary/aromatic N) is 1. The molecule has 320 valence electrons. The van der Waals surface area contributed by atoms with Crippen LogP contribution in [0.1, 0.15) is 87.4 Å². The van der Waals surface area contributed by atoms with Crippen LogP contribution in [-0.4, -0.2) is 0 Å². The Labute approximate surface area is 393 Å². The quantitative estimate of drug-likeness (QED) is 0.154. The van der Waals surface area contributed by atoms with Gasteiger partial charge in [-0.25, -0.2) is 0 Å². The molecule has 3 aliphatic carbocycles. The first kappa shape index (κ1) is 40.5. The number of hydrogen-bond donors (Lipinski definition) is 0. The molecule has 0 spiro atoms. The summed E-state index contributed by atoms with van der Waals surface area (Å²) in [4.78, 5) is 2.53. The van der Waals surface area contributed by atoms with Gasteiger partial charge in [-0.2, -0.15) is 0 Å². The normalized spacial score (nSPS) is 16.0. The van der Waals surface area contributed by atoms with Crippen LogP contribution in [0, 0.1) is 0 Å². The summed E-state index contributed by atoms with van der Waals surface area (Å²) < 4.78 is 2.66. The zero-order chi connectivity index (χ0) is 45.3. The third-order valence-corrected chi connectivity index (χ3v) is 16.6. The van der Waals surface area contributed by atoms with E-state index < -0.39 is 0 Å². The van der Waals surface area contributed by atoms with E-state index in [9.17, 15) is 0 Å². The molecule has 8 aromatic carbocycles. The van der Waals surface area contributed by atoms with Gasteiger partial charge in [0.25, 0.3) is 0 Å². The Morgan fingerprint density at radius 1 is 0.485 bits per heavy atom. The van der Waals surface area contributed by atoms with Crippen LogP contribution in [0.25, 0.3) is 64.7 Å². The number of rotatable bonds is 7. The molecule has 0 saturated heterocycles. The molecule has 0 radical (unpaired) electrons. The summed E-state index contributed by atoms with van der Waals surface area (Å²) in [5.74, 6) is 0. The van der Waals surface area contributed by atoms with Gasteiger partial charge in [0.15, 0.2) is 0 Å². The smallest absolute Gasteiger partial charge is 0.0543 e. The van der Waals surface area contributed by atoms with E-state index in [1.807, 2.05) is 11.3 Å². The Hall–Kier alpha value is -7.00. The van der Waals surface area contributed by atoms with Gasteiger partial charge in [-0.05, 0) is 151 Å². The topological polar surface area (TPSA) is 3.24 Å². The van der Waals surface area contributed by atoms with Crippen molar-refractivity contribution in [2.75, 3.05) is 4.90 Å². The highest BCUT2D eigenvalue weighted by Gasteiger charge is 2.44. The predicted molar refractivity (Wildman–Crippen MR) is 285 cm³/mol. The summed E-state index contributed by atoms with van der Waals surface area (Å²) in [6.07, 6.45) is 4.39. The van der Waals surface area contributed by atoms with Crippen LogP contribution in [-0.2, 0) is 16.2 Å². The largest absolute Gasteiger partial charge is 0.310 e. The molecule has 1 heterocycles. The molecule has 2 heteroatoms. The third-order valence-electron chi connectivity index (χ3n) is 15.5. The average Bonchev–Trinajstić information content (AvgIpc) is 3.97. The first-order chi connectivity index (χ1) is 31.9. The Bertz CT molecular complexity index is 3570. The molecule has 0 saturated carbocycles. The van der Waals surface area contributed by atoms with Crippen LogP contribution >= 0.6 is 11.3 Å². The molecule has 9 aromatic rings. The van der Waals surface area contributed by atoms with Crippen LogP contribution in [0.2, 0.25) is 0 Å². The minimum absolute atomic E-state index is 0.138. The molecule has 0 atom stereocenters. The second-order valence-corrected chi connectivity index (χ2v) is 21.1. The standard InChI is InChI=1S/C64H53NS/c1-9-44(40-19-12-11-13-20-40)60-49-37-56-50(38-55(49)62(3,4)51(60)10-2)61-53(64(56,7)8)24-18-25-57(61)65(43-32-33-46-45-21-14-16-23-52(45)63(5,6)54(46)36-43)42-30-27-39(28-31-42)41-29-34-59-48(35-41)47-22-15-17-26-58(47)66-59/h9-38H,2H2,1,3-8H3/b44-9-. The fraction of sp³-hybridized carbons (Fsp3) is 0.156. The van der Waals surface area contributed by atoms with Crippen molar-refractivity contribution in [1.29, 1.82) is 0 Å². The van der Waals surface area contributed by atoms with Crippen molar-refractivity contribution in [3.63, 3.8) is 0 Å². The van der Waals surface area contributed by atoms with Gasteiger partial charge < -0.3 is 4.90 Å². The van der Waals surface area contributed by atoms with E-state index in [2.05, 4.69) is 242 Å². The molecule has 1 nitrogen and oxygen atoms in total. The maximum Gasteiger partial charge on any atom is 0.0543 e. The number of allylic oxidation sites excluding steroid dienone is 5. The number of benzene rings is 8. The van der Waals surface area contributed by atoms with Gasteiger partial charge in [-0.15, -0.1) is 11.3 Å². The molecule has 1 aromatic heterocycles. The third kappa shape index (κ3) is 5.71. The Morgan fingerprint density at radius 2 is 1.11 bits per heavy atom. The lowest BCUT2D eigenvalue weighted by molar-refractivity contribution is 0.647. The molecule has 66 heavy (non-hydrogen) atoms. The molecule has 0 N–H and O–H groups in total. The van der Waals surface area contributed by atoms with Gasteiger partial charge in [-0.1, -0.05) is 169 Å². The van der Waals surface area contributed by atoms with Gasteiger partial charge in [0.1, 0.15) is 0 Å². The SMILES string of the molecule is C=CC1=C(/C(=C\C)c2ccccc2)c2cc3c(cc2C1(C)C)-c1c(N(c2ccc(-c4ccc5sc6ccccc6c5c4)cc2)c2ccc4c(c2)C(C)(C)c2ccccc2-4)cccc1C3(C)C. The predicted octanol–water partition coefficient (Wildman–Crippen LogP) is 18.1. The molecule has 12 rings (SSSR count). The monoisotopic (exact) mass is 867 g/mol. The number of hydrogen-bond acceptors (Lipinski definition) is 2. The van der Waals surface area contributed by atoms with Crippen LogP contribution in [0.5, 0.6) is 0 Å². The maximum atomic E-state index is 4.43. The van der Waals surface area contributed by atoms with Crippen molar-refractivity contribution < 1.29 is 0 Å².